The zero-order valence-corrected chi connectivity index (χ0v) is 11.0. The van der Waals surface area contributed by atoms with Crippen molar-refractivity contribution >= 4 is 0 Å². The second kappa shape index (κ2) is 4.61. The van der Waals surface area contributed by atoms with Crippen molar-refractivity contribution in [2.24, 2.45) is 0 Å². The van der Waals surface area contributed by atoms with Gasteiger partial charge in [-0.25, -0.2) is 4.98 Å². The van der Waals surface area contributed by atoms with Crippen LogP contribution in [0.3, 0.4) is 0 Å². The molecule has 4 rings (SSSR count). The van der Waals surface area contributed by atoms with Gasteiger partial charge in [-0.1, -0.05) is 0 Å². The standard InChI is InChI=1S/C15H15N5/c1-2-13(20(9-1)11-3-6-16-7-4-11)15-14-12(5-8-17-15)18-10-19-14/h1-4,6-7,9-10,15,17H,5,8H2,(H,18,19). The quantitative estimate of drug-likeness (QED) is 0.743. The lowest BCUT2D eigenvalue weighted by Gasteiger charge is -2.24. The van der Waals surface area contributed by atoms with Crippen LogP contribution in [-0.4, -0.2) is 26.1 Å². The van der Waals surface area contributed by atoms with Crippen LogP contribution in [-0.2, 0) is 6.42 Å². The molecule has 0 fully saturated rings. The summed E-state index contributed by atoms with van der Waals surface area (Å²) in [6.45, 7) is 0.960. The van der Waals surface area contributed by atoms with Gasteiger partial charge in [0, 0.05) is 48.6 Å². The van der Waals surface area contributed by atoms with Crippen LogP contribution in [0.15, 0.2) is 49.2 Å². The molecule has 2 N–H and O–H groups in total. The van der Waals surface area contributed by atoms with Gasteiger partial charge in [0.25, 0.3) is 0 Å². The summed E-state index contributed by atoms with van der Waals surface area (Å²) in [7, 11) is 0. The molecule has 0 bridgehead atoms. The van der Waals surface area contributed by atoms with Gasteiger partial charge in [-0.05, 0) is 24.3 Å². The Hall–Kier alpha value is -2.40. The van der Waals surface area contributed by atoms with E-state index in [1.54, 1.807) is 6.33 Å². The van der Waals surface area contributed by atoms with Gasteiger partial charge in [-0.3, -0.25) is 4.98 Å². The van der Waals surface area contributed by atoms with Gasteiger partial charge in [0.2, 0.25) is 0 Å². The van der Waals surface area contributed by atoms with E-state index in [0.29, 0.717) is 0 Å². The third-order valence-electron chi connectivity index (χ3n) is 3.77. The van der Waals surface area contributed by atoms with Crippen molar-refractivity contribution in [1.29, 1.82) is 0 Å². The largest absolute Gasteiger partial charge is 0.348 e. The number of nitrogens with one attached hydrogen (secondary N) is 2. The highest BCUT2D eigenvalue weighted by molar-refractivity contribution is 5.37. The first kappa shape index (κ1) is 11.4. The number of hydrogen-bond donors (Lipinski definition) is 2. The van der Waals surface area contributed by atoms with Gasteiger partial charge >= 0.3 is 0 Å². The number of hydrogen-bond acceptors (Lipinski definition) is 3. The zero-order valence-electron chi connectivity index (χ0n) is 11.0. The molecule has 0 saturated carbocycles. The lowest BCUT2D eigenvalue weighted by atomic mass is 10.0. The van der Waals surface area contributed by atoms with Crippen LogP contribution < -0.4 is 5.32 Å². The van der Waals surface area contributed by atoms with E-state index in [1.165, 1.54) is 11.4 Å². The summed E-state index contributed by atoms with van der Waals surface area (Å²) in [5.74, 6) is 0. The molecule has 0 radical (unpaired) electrons. The third kappa shape index (κ3) is 1.75. The van der Waals surface area contributed by atoms with Crippen molar-refractivity contribution in [3.8, 4) is 5.69 Å². The van der Waals surface area contributed by atoms with Crippen molar-refractivity contribution in [2.75, 3.05) is 6.54 Å². The summed E-state index contributed by atoms with van der Waals surface area (Å²) < 4.78 is 2.18. The number of aromatic amines is 1. The molecule has 4 heterocycles. The maximum Gasteiger partial charge on any atom is 0.0927 e. The Bertz CT molecular complexity index is 713. The first-order valence-electron chi connectivity index (χ1n) is 6.76. The average Bonchev–Trinajstić information content (AvgIpc) is 3.16. The van der Waals surface area contributed by atoms with Gasteiger partial charge in [0.1, 0.15) is 0 Å². The molecule has 0 spiro atoms. The molecular formula is C15H15N5. The fourth-order valence-corrected chi connectivity index (χ4v) is 2.83. The third-order valence-corrected chi connectivity index (χ3v) is 3.77. The van der Waals surface area contributed by atoms with Gasteiger partial charge in [-0.2, -0.15) is 0 Å². The molecule has 1 atom stereocenters. The smallest absolute Gasteiger partial charge is 0.0927 e. The minimum absolute atomic E-state index is 0.133. The molecule has 0 aromatic carbocycles. The molecule has 1 aliphatic rings. The van der Waals surface area contributed by atoms with Crippen LogP contribution in [0.5, 0.6) is 0 Å². The van der Waals surface area contributed by atoms with Crippen LogP contribution in [0.25, 0.3) is 5.69 Å². The van der Waals surface area contributed by atoms with E-state index in [1.807, 2.05) is 24.5 Å². The monoisotopic (exact) mass is 265 g/mol. The Labute approximate surface area is 116 Å². The minimum Gasteiger partial charge on any atom is -0.348 e. The molecule has 20 heavy (non-hydrogen) atoms. The molecule has 100 valence electrons. The SMILES string of the molecule is c1cc(C2NCCc3[nH]cnc32)n(-c2ccncc2)c1. The number of pyridine rings is 1. The molecule has 1 aliphatic heterocycles. The summed E-state index contributed by atoms with van der Waals surface area (Å²) in [6.07, 6.45) is 8.49. The van der Waals surface area contributed by atoms with E-state index in [-0.39, 0.29) is 6.04 Å². The topological polar surface area (TPSA) is 58.5 Å². The van der Waals surface area contributed by atoms with Crippen molar-refractivity contribution in [1.82, 2.24) is 24.8 Å². The Balaban J connectivity index is 1.81. The van der Waals surface area contributed by atoms with E-state index in [4.69, 9.17) is 0 Å². The van der Waals surface area contributed by atoms with Gasteiger partial charge < -0.3 is 14.9 Å². The fraction of sp³-hybridized carbons (Fsp3) is 0.200. The minimum atomic E-state index is 0.133. The molecule has 0 saturated heterocycles. The Morgan fingerprint density at radius 2 is 2.10 bits per heavy atom. The van der Waals surface area contributed by atoms with Gasteiger partial charge in [0.15, 0.2) is 0 Å². The number of H-pyrrole nitrogens is 1. The lowest BCUT2D eigenvalue weighted by Crippen LogP contribution is -2.32. The second-order valence-electron chi connectivity index (χ2n) is 4.91. The Morgan fingerprint density at radius 3 is 3.00 bits per heavy atom. The maximum atomic E-state index is 4.49. The highest BCUT2D eigenvalue weighted by Crippen LogP contribution is 2.28. The van der Waals surface area contributed by atoms with E-state index in [2.05, 4.69) is 43.2 Å². The van der Waals surface area contributed by atoms with Crippen LogP contribution in [0.2, 0.25) is 0 Å². The number of imidazole rings is 1. The number of fused-ring (bicyclic) bond motifs is 1. The summed E-state index contributed by atoms with van der Waals surface area (Å²) >= 11 is 0. The van der Waals surface area contributed by atoms with E-state index in [9.17, 15) is 0 Å². The number of nitrogens with zero attached hydrogens (tertiary/aromatic N) is 3. The van der Waals surface area contributed by atoms with Crippen LogP contribution >= 0.6 is 0 Å². The molecule has 0 aliphatic carbocycles. The van der Waals surface area contributed by atoms with Gasteiger partial charge in [-0.15, -0.1) is 0 Å². The van der Waals surface area contributed by atoms with E-state index < -0.39 is 0 Å². The second-order valence-corrected chi connectivity index (χ2v) is 4.91. The molecule has 5 heteroatoms. The summed E-state index contributed by atoms with van der Waals surface area (Å²) in [5.41, 5.74) is 4.65. The molecule has 0 amide bonds. The number of rotatable bonds is 2. The molecule has 3 aromatic heterocycles. The average molecular weight is 265 g/mol. The first-order valence-corrected chi connectivity index (χ1v) is 6.76. The first-order chi connectivity index (χ1) is 9.93. The summed E-state index contributed by atoms with van der Waals surface area (Å²) in [6, 6.07) is 8.36. The van der Waals surface area contributed by atoms with Crippen molar-refractivity contribution in [3.05, 3.63) is 66.3 Å². The van der Waals surface area contributed by atoms with E-state index in [0.717, 1.165) is 24.3 Å². The summed E-state index contributed by atoms with van der Waals surface area (Å²) in [5, 5.41) is 3.56. The molecule has 3 aromatic rings. The van der Waals surface area contributed by atoms with Crippen molar-refractivity contribution in [3.63, 3.8) is 0 Å². The maximum absolute atomic E-state index is 4.49. The van der Waals surface area contributed by atoms with Crippen LogP contribution in [0, 0.1) is 0 Å². The fourth-order valence-electron chi connectivity index (χ4n) is 2.83. The predicted octanol–water partition coefficient (Wildman–Crippen LogP) is 1.83. The Morgan fingerprint density at radius 1 is 1.20 bits per heavy atom. The summed E-state index contributed by atoms with van der Waals surface area (Å²) in [4.78, 5) is 11.8. The van der Waals surface area contributed by atoms with E-state index >= 15 is 0 Å². The van der Waals surface area contributed by atoms with Gasteiger partial charge in [0.05, 0.1) is 18.1 Å². The Kier molecular flexibility index (Phi) is 2.63. The molecule has 5 nitrogen and oxygen atoms in total. The molecular weight excluding hydrogens is 250 g/mol. The molecule has 1 unspecified atom stereocenters. The van der Waals surface area contributed by atoms with Crippen molar-refractivity contribution in [2.45, 2.75) is 12.5 Å². The lowest BCUT2D eigenvalue weighted by molar-refractivity contribution is 0.537. The van der Waals surface area contributed by atoms with Crippen LogP contribution in [0.4, 0.5) is 0 Å². The predicted molar refractivity (Wildman–Crippen MR) is 75.7 cm³/mol. The normalized spacial score (nSPS) is 17.9. The van der Waals surface area contributed by atoms with Crippen LogP contribution in [0.1, 0.15) is 23.1 Å². The number of aromatic nitrogens is 4. The van der Waals surface area contributed by atoms with Crippen molar-refractivity contribution < 1.29 is 0 Å². The highest BCUT2D eigenvalue weighted by atomic mass is 15.1. The zero-order chi connectivity index (χ0) is 13.4. The highest BCUT2D eigenvalue weighted by Gasteiger charge is 2.25.